The number of phosphoric ester groups is 1. The molecule has 2 heterocycles. The van der Waals surface area contributed by atoms with Crippen molar-refractivity contribution in [1.29, 1.82) is 0 Å². The Hall–Kier alpha value is 2.97. The molecular formula is C9H11N2Na4O15P3. The van der Waals surface area contributed by atoms with Crippen molar-refractivity contribution >= 4 is 23.5 Å². The van der Waals surface area contributed by atoms with Crippen LogP contribution < -0.4 is 149 Å². The molecule has 1 aromatic heterocycles. The van der Waals surface area contributed by atoms with E-state index >= 15 is 0 Å². The molecule has 0 saturated carbocycles. The number of aliphatic hydroxyl groups excluding tert-OH is 2. The summed E-state index contributed by atoms with van der Waals surface area (Å²) < 4.78 is 48.3. The van der Waals surface area contributed by atoms with Crippen LogP contribution in [0.15, 0.2) is 15.8 Å². The van der Waals surface area contributed by atoms with Gasteiger partial charge in [-0.25, -0.2) is 9.11 Å². The summed E-state index contributed by atoms with van der Waals surface area (Å²) in [5.41, 5.74) is -2.19. The molecule has 2 rings (SSSR count). The predicted octanol–water partition coefficient (Wildman–Crippen LogP) is -16.9. The molecule has 17 nitrogen and oxygen atoms in total. The van der Waals surface area contributed by atoms with Gasteiger partial charge in [0, 0.05) is 6.20 Å². The Bertz CT molecular complexity index is 1010. The fourth-order valence-electron chi connectivity index (χ4n) is 2.22. The molecule has 0 bridgehead atoms. The molecule has 6 atom stereocenters. The van der Waals surface area contributed by atoms with Crippen molar-refractivity contribution in [2.45, 2.75) is 24.4 Å². The third-order valence-corrected chi connectivity index (χ3v) is 6.98. The first kappa shape index (κ1) is 40.5. The third-order valence-electron chi connectivity index (χ3n) is 3.31. The first-order valence-electron chi connectivity index (χ1n) is 7.15. The van der Waals surface area contributed by atoms with Crippen LogP contribution in [0, 0.1) is 0 Å². The number of nitrogens with one attached hydrogen (secondary N) is 2. The van der Waals surface area contributed by atoms with Crippen molar-refractivity contribution < 1.29 is 180 Å². The van der Waals surface area contributed by atoms with Gasteiger partial charge in [0.2, 0.25) is 0 Å². The number of hydrogen-bond donors (Lipinski definition) is 4. The van der Waals surface area contributed by atoms with Gasteiger partial charge in [-0.15, -0.1) is 0 Å². The average Bonchev–Trinajstić information content (AvgIpc) is 2.78. The van der Waals surface area contributed by atoms with Crippen LogP contribution in [0.5, 0.6) is 0 Å². The van der Waals surface area contributed by atoms with Gasteiger partial charge in [0.1, 0.15) is 24.4 Å². The summed E-state index contributed by atoms with van der Waals surface area (Å²) in [7, 11) is -18.2. The number of ether oxygens (including phenoxy) is 1. The zero-order chi connectivity index (χ0) is 22.2. The van der Waals surface area contributed by atoms with Gasteiger partial charge in [-0.2, -0.15) is 0 Å². The Morgan fingerprint density at radius 3 is 1.97 bits per heavy atom. The Balaban J connectivity index is -0.00000225. The molecule has 33 heavy (non-hydrogen) atoms. The van der Waals surface area contributed by atoms with E-state index in [4.69, 9.17) is 4.74 Å². The molecule has 1 aliphatic heterocycles. The number of aromatic nitrogens is 2. The number of phosphoric acid groups is 3. The summed E-state index contributed by atoms with van der Waals surface area (Å²) in [6.07, 6.45) is -5.94. The van der Waals surface area contributed by atoms with Crippen molar-refractivity contribution in [2.75, 3.05) is 6.61 Å². The summed E-state index contributed by atoms with van der Waals surface area (Å²) in [6, 6.07) is 0. The zero-order valence-electron chi connectivity index (χ0n) is 17.6. The Morgan fingerprint density at radius 2 is 1.48 bits per heavy atom. The van der Waals surface area contributed by atoms with Crippen molar-refractivity contribution in [3.8, 4) is 0 Å². The van der Waals surface area contributed by atoms with E-state index in [2.05, 4.69) is 18.1 Å². The van der Waals surface area contributed by atoms with E-state index in [1.165, 1.54) is 0 Å². The minimum absolute atomic E-state index is 0. The largest absolute Gasteiger partial charge is 1.00 e. The number of rotatable bonds is 8. The Morgan fingerprint density at radius 1 is 0.939 bits per heavy atom. The van der Waals surface area contributed by atoms with Gasteiger partial charge < -0.3 is 48.6 Å². The Labute approximate surface area is 273 Å². The molecule has 1 fully saturated rings. The standard InChI is InChI=1S/C9H15N2O15P3.4Na/c12-5-4(2-23-28(19,20)26-29(21,22)25-27(16,17)18)24-7(6(5)13)3-1-10-9(15)11-8(3)14;;;;/h1,4-7,12-13H,2H2,(H,19,20)(H,21,22)(H2,16,17,18)(H2,10,11,14,15);;;;/q;4*+1/p-4/t4-,5?,6+,7+;;;;/m1..../s1. The molecule has 1 aromatic rings. The minimum atomic E-state index is -6.17. The number of hydrogen-bond acceptors (Lipinski definition) is 15. The SMILES string of the molecule is O=c1[nH]cc([C@@H]2O[C@H](COP(=O)([O-])OP(=O)([O-])OP(=O)([O-])[O-])C(O)[C@@H]2O)c(=O)[nH]1.[Na+].[Na+].[Na+].[Na+]. The maximum Gasteiger partial charge on any atom is 1.00 e. The number of aliphatic hydroxyl groups is 2. The summed E-state index contributed by atoms with van der Waals surface area (Å²) in [4.78, 5) is 69.6. The van der Waals surface area contributed by atoms with E-state index in [0.29, 0.717) is 0 Å². The van der Waals surface area contributed by atoms with Crippen LogP contribution in [0.4, 0.5) is 0 Å². The normalized spacial score (nSPS) is 25.8. The summed E-state index contributed by atoms with van der Waals surface area (Å²) in [5.74, 6) is 0. The number of aromatic amines is 2. The smallest absolute Gasteiger partial charge is 0.790 e. The van der Waals surface area contributed by atoms with Gasteiger partial charge in [0.15, 0.2) is 0 Å². The molecule has 0 amide bonds. The molecule has 4 N–H and O–H groups in total. The van der Waals surface area contributed by atoms with E-state index in [1.807, 2.05) is 4.98 Å². The number of H-pyrrole nitrogens is 2. The zero-order valence-corrected chi connectivity index (χ0v) is 28.3. The molecule has 0 spiro atoms. The average molecular weight is 572 g/mol. The van der Waals surface area contributed by atoms with Gasteiger partial charge in [0.05, 0.1) is 20.0 Å². The molecule has 166 valence electrons. The van der Waals surface area contributed by atoms with E-state index in [1.54, 1.807) is 0 Å². The second-order valence-corrected chi connectivity index (χ2v) is 9.65. The van der Waals surface area contributed by atoms with Crippen LogP contribution in [-0.2, 0) is 31.6 Å². The monoisotopic (exact) mass is 572 g/mol. The maximum atomic E-state index is 11.7. The van der Waals surface area contributed by atoms with Gasteiger partial charge in [0.25, 0.3) is 21.2 Å². The van der Waals surface area contributed by atoms with E-state index < -0.39 is 65.7 Å². The summed E-state index contributed by atoms with van der Waals surface area (Å²) in [6.45, 7) is -1.16. The Kier molecular flexibility index (Phi) is 19.8. The fourth-order valence-corrected chi connectivity index (χ4v) is 5.09. The first-order chi connectivity index (χ1) is 13.1. The van der Waals surface area contributed by atoms with Gasteiger partial charge in [-0.1, -0.05) is 0 Å². The summed E-state index contributed by atoms with van der Waals surface area (Å²) >= 11 is 0. The second-order valence-electron chi connectivity index (χ2n) is 5.40. The van der Waals surface area contributed by atoms with E-state index in [-0.39, 0.29) is 124 Å². The van der Waals surface area contributed by atoms with Crippen LogP contribution in [-0.4, -0.2) is 45.1 Å². The molecule has 24 heteroatoms. The van der Waals surface area contributed by atoms with Gasteiger partial charge in [-0.3, -0.25) is 23.2 Å². The topological polar surface area (TPSA) is 287 Å². The molecule has 3 unspecified atom stereocenters. The molecule has 0 radical (unpaired) electrons. The van der Waals surface area contributed by atoms with Crippen LogP contribution >= 0.6 is 23.5 Å². The van der Waals surface area contributed by atoms with Crippen LogP contribution in [0.25, 0.3) is 0 Å². The summed E-state index contributed by atoms with van der Waals surface area (Å²) in [5, 5.41) is 19.8. The minimum Gasteiger partial charge on any atom is -0.790 e. The predicted molar refractivity (Wildman–Crippen MR) is 78.3 cm³/mol. The van der Waals surface area contributed by atoms with Gasteiger partial charge >= 0.3 is 124 Å². The third kappa shape index (κ3) is 13.1. The van der Waals surface area contributed by atoms with E-state index in [0.717, 1.165) is 6.20 Å². The van der Waals surface area contributed by atoms with Crippen LogP contribution in [0.1, 0.15) is 11.7 Å². The van der Waals surface area contributed by atoms with Crippen molar-refractivity contribution in [3.63, 3.8) is 0 Å². The second kappa shape index (κ2) is 16.2. The molecule has 0 aromatic carbocycles. The van der Waals surface area contributed by atoms with Crippen molar-refractivity contribution in [2.24, 2.45) is 0 Å². The van der Waals surface area contributed by atoms with E-state index in [9.17, 15) is 53.1 Å². The van der Waals surface area contributed by atoms with Crippen LogP contribution in [0.2, 0.25) is 0 Å². The fraction of sp³-hybridized carbons (Fsp3) is 0.556. The maximum absolute atomic E-state index is 11.7. The van der Waals surface area contributed by atoms with Crippen molar-refractivity contribution in [1.82, 2.24) is 9.97 Å². The quantitative estimate of drug-likeness (QED) is 0.166. The molecule has 1 aliphatic rings. The molecule has 1 saturated heterocycles. The molecular weight excluding hydrogens is 561 g/mol. The van der Waals surface area contributed by atoms with Crippen molar-refractivity contribution in [3.05, 3.63) is 32.6 Å². The van der Waals surface area contributed by atoms with Crippen LogP contribution in [0.3, 0.4) is 0 Å². The molecule has 0 aliphatic carbocycles. The first-order valence-corrected chi connectivity index (χ1v) is 11.5. The van der Waals surface area contributed by atoms with Gasteiger partial charge in [-0.05, 0) is 0 Å².